The molecule has 4 nitrogen and oxygen atoms in total. The molecular weight excluding hydrogens is 341 g/mol. The van der Waals surface area contributed by atoms with Crippen LogP contribution in [0.1, 0.15) is 16.7 Å². The summed E-state index contributed by atoms with van der Waals surface area (Å²) in [4.78, 5) is 8.45. The van der Waals surface area contributed by atoms with Crippen LogP contribution in [0.2, 0.25) is 0 Å². The average molecular weight is 358 g/mol. The summed E-state index contributed by atoms with van der Waals surface area (Å²) >= 11 is 0. The topological polar surface area (TPSA) is 49.8 Å². The van der Waals surface area contributed by atoms with Gasteiger partial charge in [-0.05, 0) is 61.4 Å². The molecule has 0 aliphatic heterocycles. The zero-order valence-electron chi connectivity index (χ0n) is 14.2. The van der Waals surface area contributed by atoms with E-state index in [-0.39, 0.29) is 0 Å². The molecule has 2 N–H and O–H groups in total. The number of alkyl halides is 3. The molecule has 0 atom stereocenters. The number of hydrogen-bond acceptors (Lipinski definition) is 4. The Hall–Kier alpha value is -3.09. The molecule has 0 aliphatic rings. The van der Waals surface area contributed by atoms with Crippen molar-refractivity contribution in [1.29, 1.82) is 0 Å². The van der Waals surface area contributed by atoms with Crippen molar-refractivity contribution >= 4 is 23.1 Å². The second-order valence-corrected chi connectivity index (χ2v) is 5.97. The maximum Gasteiger partial charge on any atom is 0.416 e. The maximum absolute atomic E-state index is 12.8. The predicted molar refractivity (Wildman–Crippen MR) is 96.0 cm³/mol. The summed E-state index contributed by atoms with van der Waals surface area (Å²) in [5, 5.41) is 5.98. The summed E-state index contributed by atoms with van der Waals surface area (Å²) in [6, 6.07) is 12.5. The van der Waals surface area contributed by atoms with E-state index in [9.17, 15) is 13.2 Å². The quantitative estimate of drug-likeness (QED) is 0.637. The highest BCUT2D eigenvalue weighted by Gasteiger charge is 2.30. The molecule has 1 aromatic heterocycles. The monoisotopic (exact) mass is 358 g/mol. The van der Waals surface area contributed by atoms with E-state index in [4.69, 9.17) is 0 Å². The Kier molecular flexibility index (Phi) is 4.79. The van der Waals surface area contributed by atoms with Crippen LogP contribution in [-0.4, -0.2) is 9.97 Å². The highest BCUT2D eigenvalue weighted by atomic mass is 19.4. The number of anilines is 4. The third-order valence-electron chi connectivity index (χ3n) is 3.60. The molecule has 0 unspecified atom stereocenters. The van der Waals surface area contributed by atoms with Gasteiger partial charge < -0.3 is 10.6 Å². The van der Waals surface area contributed by atoms with E-state index in [2.05, 4.69) is 26.7 Å². The highest BCUT2D eigenvalue weighted by Crippen LogP contribution is 2.31. The Morgan fingerprint density at radius 2 is 1.58 bits per heavy atom. The van der Waals surface area contributed by atoms with Crippen LogP contribution < -0.4 is 10.6 Å². The summed E-state index contributed by atoms with van der Waals surface area (Å²) in [6.45, 7) is 3.98. The largest absolute Gasteiger partial charge is 0.416 e. The van der Waals surface area contributed by atoms with Crippen LogP contribution in [-0.2, 0) is 6.18 Å². The molecule has 3 aromatic rings. The van der Waals surface area contributed by atoms with Gasteiger partial charge in [0.2, 0.25) is 5.95 Å². The number of hydrogen-bond donors (Lipinski definition) is 2. The Bertz CT molecular complexity index is 902. The van der Waals surface area contributed by atoms with Gasteiger partial charge in [0.15, 0.2) is 0 Å². The number of nitrogens with zero attached hydrogens (tertiary/aromatic N) is 2. The summed E-state index contributed by atoms with van der Waals surface area (Å²) in [5.74, 6) is 0.748. The Balaban J connectivity index is 1.79. The van der Waals surface area contributed by atoms with Crippen molar-refractivity contribution < 1.29 is 13.2 Å². The van der Waals surface area contributed by atoms with Crippen molar-refractivity contribution in [3.63, 3.8) is 0 Å². The molecule has 2 aromatic carbocycles. The summed E-state index contributed by atoms with van der Waals surface area (Å²) < 4.78 is 38.4. The van der Waals surface area contributed by atoms with Crippen molar-refractivity contribution in [2.24, 2.45) is 0 Å². The first-order chi connectivity index (χ1) is 12.3. The van der Waals surface area contributed by atoms with E-state index in [1.54, 1.807) is 12.1 Å². The summed E-state index contributed by atoms with van der Waals surface area (Å²) in [5.41, 5.74) is 2.64. The summed E-state index contributed by atoms with van der Waals surface area (Å²) in [7, 11) is 0. The summed E-state index contributed by atoms with van der Waals surface area (Å²) in [6.07, 6.45) is -2.85. The van der Waals surface area contributed by atoms with Gasteiger partial charge in [0.05, 0.1) is 5.56 Å². The van der Waals surface area contributed by atoms with E-state index in [1.807, 2.05) is 26.0 Å². The zero-order chi connectivity index (χ0) is 18.7. The lowest BCUT2D eigenvalue weighted by molar-refractivity contribution is -0.137. The molecule has 1 heterocycles. The van der Waals surface area contributed by atoms with Crippen LogP contribution in [0.25, 0.3) is 0 Å². The van der Waals surface area contributed by atoms with Gasteiger partial charge in [-0.2, -0.15) is 18.2 Å². The molecule has 7 heteroatoms. The molecule has 0 saturated heterocycles. The fourth-order valence-electron chi connectivity index (χ4n) is 2.59. The standard InChI is InChI=1S/C19H17F3N4/c1-12-8-13(2)10-16(9-12)25-18-23-7-6-17(26-18)24-15-5-3-4-14(11-15)19(20,21)22/h3-11H,1-2H3,(H2,23,24,25,26). The van der Waals surface area contributed by atoms with Crippen LogP contribution in [0.3, 0.4) is 0 Å². The minimum Gasteiger partial charge on any atom is -0.340 e. The fraction of sp³-hybridized carbons (Fsp3) is 0.158. The molecule has 134 valence electrons. The number of nitrogens with one attached hydrogen (secondary N) is 2. The molecule has 0 saturated carbocycles. The third kappa shape index (κ3) is 4.50. The van der Waals surface area contributed by atoms with Crippen molar-refractivity contribution in [2.45, 2.75) is 20.0 Å². The van der Waals surface area contributed by atoms with Gasteiger partial charge in [0.1, 0.15) is 5.82 Å². The van der Waals surface area contributed by atoms with E-state index in [0.717, 1.165) is 28.9 Å². The first-order valence-corrected chi connectivity index (χ1v) is 7.92. The van der Waals surface area contributed by atoms with Crippen LogP contribution in [0.15, 0.2) is 54.7 Å². The predicted octanol–water partition coefficient (Wildman–Crippen LogP) is 5.60. The van der Waals surface area contributed by atoms with E-state index < -0.39 is 11.7 Å². The lowest BCUT2D eigenvalue weighted by Gasteiger charge is -2.11. The molecule has 0 fully saturated rings. The normalized spacial score (nSPS) is 11.3. The second kappa shape index (κ2) is 7.03. The Morgan fingerprint density at radius 1 is 0.846 bits per heavy atom. The number of aromatic nitrogens is 2. The third-order valence-corrected chi connectivity index (χ3v) is 3.60. The van der Waals surface area contributed by atoms with Crippen molar-refractivity contribution in [2.75, 3.05) is 10.6 Å². The Labute approximate surface area is 149 Å². The Morgan fingerprint density at radius 3 is 2.27 bits per heavy atom. The van der Waals surface area contributed by atoms with E-state index in [0.29, 0.717) is 17.5 Å². The molecule has 0 spiro atoms. The smallest absolute Gasteiger partial charge is 0.340 e. The van der Waals surface area contributed by atoms with E-state index in [1.165, 1.54) is 12.3 Å². The SMILES string of the molecule is Cc1cc(C)cc(Nc2nccc(Nc3cccc(C(F)(F)F)c3)n2)c1. The first kappa shape index (κ1) is 17.7. The number of benzene rings is 2. The number of halogens is 3. The molecule has 0 radical (unpaired) electrons. The maximum atomic E-state index is 12.8. The lowest BCUT2D eigenvalue weighted by Crippen LogP contribution is -2.05. The van der Waals surface area contributed by atoms with Crippen LogP contribution in [0.5, 0.6) is 0 Å². The van der Waals surface area contributed by atoms with Crippen molar-refractivity contribution in [3.8, 4) is 0 Å². The van der Waals surface area contributed by atoms with Crippen molar-refractivity contribution in [1.82, 2.24) is 9.97 Å². The van der Waals surface area contributed by atoms with Crippen molar-refractivity contribution in [3.05, 3.63) is 71.4 Å². The number of aryl methyl sites for hydroxylation is 2. The molecule has 0 aliphatic carbocycles. The minimum atomic E-state index is -4.39. The van der Waals surface area contributed by atoms with Gasteiger partial charge in [-0.1, -0.05) is 12.1 Å². The first-order valence-electron chi connectivity index (χ1n) is 7.92. The van der Waals surface area contributed by atoms with Crippen LogP contribution in [0.4, 0.5) is 36.3 Å². The molecule has 26 heavy (non-hydrogen) atoms. The molecular formula is C19H17F3N4. The lowest BCUT2D eigenvalue weighted by atomic mass is 10.1. The van der Waals surface area contributed by atoms with Gasteiger partial charge in [0, 0.05) is 17.6 Å². The van der Waals surface area contributed by atoms with Gasteiger partial charge in [-0.3, -0.25) is 0 Å². The van der Waals surface area contributed by atoms with Gasteiger partial charge >= 0.3 is 6.18 Å². The second-order valence-electron chi connectivity index (χ2n) is 5.97. The average Bonchev–Trinajstić information content (AvgIpc) is 2.53. The van der Waals surface area contributed by atoms with Gasteiger partial charge in [0.25, 0.3) is 0 Å². The van der Waals surface area contributed by atoms with Gasteiger partial charge in [-0.25, -0.2) is 4.98 Å². The van der Waals surface area contributed by atoms with Gasteiger partial charge in [-0.15, -0.1) is 0 Å². The van der Waals surface area contributed by atoms with E-state index >= 15 is 0 Å². The fourth-order valence-corrected chi connectivity index (χ4v) is 2.59. The molecule has 3 rings (SSSR count). The number of rotatable bonds is 4. The molecule has 0 bridgehead atoms. The highest BCUT2D eigenvalue weighted by molar-refractivity contribution is 5.61. The van der Waals surface area contributed by atoms with Crippen LogP contribution in [0, 0.1) is 13.8 Å². The van der Waals surface area contributed by atoms with Crippen LogP contribution >= 0.6 is 0 Å². The zero-order valence-corrected chi connectivity index (χ0v) is 14.2. The minimum absolute atomic E-state index is 0.302. The molecule has 0 amide bonds.